The lowest BCUT2D eigenvalue weighted by Crippen LogP contribution is -2.55. The lowest BCUT2D eigenvalue weighted by atomic mass is 9.65. The molecule has 1 aliphatic rings. The van der Waals surface area contributed by atoms with Gasteiger partial charge < -0.3 is 4.90 Å². The van der Waals surface area contributed by atoms with Crippen LogP contribution in [0.5, 0.6) is 0 Å². The minimum Gasteiger partial charge on any atom is -0.302 e. The third kappa shape index (κ3) is 3.27. The minimum absolute atomic E-state index is 0.0666. The minimum atomic E-state index is -0.326. The molecule has 2 nitrogen and oxygen atoms in total. The average Bonchev–Trinajstić information content (AvgIpc) is 2.68. The molecule has 29 heavy (non-hydrogen) atoms. The van der Waals surface area contributed by atoms with Crippen LogP contribution in [0.4, 0.5) is 5.69 Å². The monoisotopic (exact) mass is 383 g/mol. The standard InChI is InChI=1S/C27H29NO/c1-19-11-14-21(15-12-19)25(29)28-24-17-20(2)13-16-23(24)27(5,18-26(28,3)4)22-9-7-6-8-10-22/h6-17H,18H2,1-5H3/t27-/m0/s1. The number of aryl methyl sites for hydroxylation is 2. The number of carbonyl (C=O) groups is 1. The van der Waals surface area contributed by atoms with E-state index in [1.165, 1.54) is 16.7 Å². The van der Waals surface area contributed by atoms with E-state index in [9.17, 15) is 4.79 Å². The van der Waals surface area contributed by atoms with Crippen molar-refractivity contribution in [3.05, 3.63) is 101 Å². The lowest BCUT2D eigenvalue weighted by molar-refractivity contribution is 0.0948. The highest BCUT2D eigenvalue weighted by Gasteiger charge is 2.47. The summed E-state index contributed by atoms with van der Waals surface area (Å²) in [5, 5.41) is 0. The van der Waals surface area contributed by atoms with Gasteiger partial charge in [0.05, 0.1) is 0 Å². The summed E-state index contributed by atoms with van der Waals surface area (Å²) in [6, 6.07) is 25.1. The zero-order valence-corrected chi connectivity index (χ0v) is 18.0. The Balaban J connectivity index is 1.91. The Kier molecular flexibility index (Phi) is 4.61. The molecule has 0 unspecified atom stereocenters. The van der Waals surface area contributed by atoms with Gasteiger partial charge in [-0.05, 0) is 69.0 Å². The van der Waals surface area contributed by atoms with Crippen LogP contribution >= 0.6 is 0 Å². The van der Waals surface area contributed by atoms with E-state index < -0.39 is 0 Å². The summed E-state index contributed by atoms with van der Waals surface area (Å²) in [4.78, 5) is 15.7. The topological polar surface area (TPSA) is 20.3 Å². The Morgan fingerprint density at radius 3 is 2.10 bits per heavy atom. The summed E-state index contributed by atoms with van der Waals surface area (Å²) in [5.41, 5.74) is 6.11. The highest BCUT2D eigenvalue weighted by molar-refractivity contribution is 6.08. The molecule has 2 heteroatoms. The van der Waals surface area contributed by atoms with Crippen molar-refractivity contribution in [1.29, 1.82) is 0 Å². The van der Waals surface area contributed by atoms with Crippen LogP contribution in [0.1, 0.15) is 59.8 Å². The first-order chi connectivity index (χ1) is 13.7. The van der Waals surface area contributed by atoms with Crippen LogP contribution in [0.25, 0.3) is 0 Å². The predicted octanol–water partition coefficient (Wildman–Crippen LogP) is 6.44. The Morgan fingerprint density at radius 1 is 0.828 bits per heavy atom. The molecule has 0 aliphatic carbocycles. The Bertz CT molecular complexity index is 1050. The van der Waals surface area contributed by atoms with Crippen molar-refractivity contribution in [2.24, 2.45) is 0 Å². The first-order valence-electron chi connectivity index (χ1n) is 10.3. The van der Waals surface area contributed by atoms with E-state index in [4.69, 9.17) is 0 Å². The molecule has 0 N–H and O–H groups in total. The maximum atomic E-state index is 13.7. The fourth-order valence-electron chi connectivity index (χ4n) is 4.93. The second kappa shape index (κ2) is 6.88. The molecule has 0 aromatic heterocycles. The van der Waals surface area contributed by atoms with Crippen molar-refractivity contribution in [2.45, 2.75) is 52.0 Å². The molecule has 4 rings (SSSR count). The molecule has 0 radical (unpaired) electrons. The van der Waals surface area contributed by atoms with E-state index in [-0.39, 0.29) is 16.9 Å². The van der Waals surface area contributed by atoms with E-state index in [1.54, 1.807) is 0 Å². The fraction of sp³-hybridized carbons (Fsp3) is 0.296. The maximum Gasteiger partial charge on any atom is 0.258 e. The molecule has 1 amide bonds. The van der Waals surface area contributed by atoms with Gasteiger partial charge in [-0.3, -0.25) is 4.79 Å². The van der Waals surface area contributed by atoms with E-state index in [0.717, 1.165) is 23.2 Å². The van der Waals surface area contributed by atoms with Crippen LogP contribution in [0.2, 0.25) is 0 Å². The lowest BCUT2D eigenvalue weighted by Gasteiger charge is -2.51. The zero-order chi connectivity index (χ0) is 20.8. The summed E-state index contributed by atoms with van der Waals surface area (Å²) >= 11 is 0. The molecule has 1 heterocycles. The molecule has 0 bridgehead atoms. The molecule has 1 atom stereocenters. The third-order valence-corrected chi connectivity index (χ3v) is 6.29. The number of anilines is 1. The maximum absolute atomic E-state index is 13.7. The van der Waals surface area contributed by atoms with Gasteiger partial charge in [0.2, 0.25) is 0 Å². The smallest absolute Gasteiger partial charge is 0.258 e. The van der Waals surface area contributed by atoms with E-state index in [1.807, 2.05) is 36.1 Å². The van der Waals surface area contributed by atoms with Crippen LogP contribution in [0.3, 0.4) is 0 Å². The molecule has 0 saturated heterocycles. The predicted molar refractivity (Wildman–Crippen MR) is 121 cm³/mol. The van der Waals surface area contributed by atoms with Gasteiger partial charge in [0.15, 0.2) is 0 Å². The third-order valence-electron chi connectivity index (χ3n) is 6.29. The molecule has 3 aromatic carbocycles. The Labute approximate surface area is 174 Å². The molecule has 148 valence electrons. The SMILES string of the molecule is Cc1ccc(C(=O)N2c3cc(C)ccc3[C@](C)(c3ccccc3)CC2(C)C)cc1. The van der Waals surface area contributed by atoms with Crippen LogP contribution in [-0.2, 0) is 5.41 Å². The fourth-order valence-corrected chi connectivity index (χ4v) is 4.93. The number of amides is 1. The normalized spacial score (nSPS) is 20.2. The highest BCUT2D eigenvalue weighted by atomic mass is 16.2. The number of benzene rings is 3. The Hall–Kier alpha value is -2.87. The van der Waals surface area contributed by atoms with Crippen molar-refractivity contribution in [2.75, 3.05) is 4.90 Å². The summed E-state index contributed by atoms with van der Waals surface area (Å²) in [6.45, 7) is 10.8. The molecule has 0 spiro atoms. The van der Waals surface area contributed by atoms with E-state index in [0.29, 0.717) is 0 Å². The van der Waals surface area contributed by atoms with Gasteiger partial charge in [-0.15, -0.1) is 0 Å². The van der Waals surface area contributed by atoms with Gasteiger partial charge in [0.25, 0.3) is 5.91 Å². The van der Waals surface area contributed by atoms with Gasteiger partial charge in [-0.1, -0.05) is 67.1 Å². The summed E-state index contributed by atoms with van der Waals surface area (Å²) in [7, 11) is 0. The Morgan fingerprint density at radius 2 is 1.45 bits per heavy atom. The van der Waals surface area contributed by atoms with E-state index in [2.05, 4.69) is 76.2 Å². The number of hydrogen-bond acceptors (Lipinski definition) is 1. The van der Waals surface area contributed by atoms with Gasteiger partial charge in [-0.2, -0.15) is 0 Å². The van der Waals surface area contributed by atoms with Crippen LogP contribution in [0, 0.1) is 13.8 Å². The second-order valence-corrected chi connectivity index (χ2v) is 9.21. The number of fused-ring (bicyclic) bond motifs is 1. The summed E-state index contributed by atoms with van der Waals surface area (Å²) < 4.78 is 0. The quantitative estimate of drug-likeness (QED) is 0.499. The van der Waals surface area contributed by atoms with Gasteiger partial charge in [-0.25, -0.2) is 0 Å². The number of nitrogens with zero attached hydrogens (tertiary/aromatic N) is 1. The van der Waals surface area contributed by atoms with Crippen molar-refractivity contribution < 1.29 is 4.79 Å². The van der Waals surface area contributed by atoms with Gasteiger partial charge in [0.1, 0.15) is 0 Å². The van der Waals surface area contributed by atoms with Crippen molar-refractivity contribution in [3.63, 3.8) is 0 Å². The van der Waals surface area contributed by atoms with Crippen LogP contribution in [-0.4, -0.2) is 11.4 Å². The van der Waals surface area contributed by atoms with Gasteiger partial charge >= 0.3 is 0 Å². The second-order valence-electron chi connectivity index (χ2n) is 9.21. The first-order valence-corrected chi connectivity index (χ1v) is 10.3. The van der Waals surface area contributed by atoms with Crippen LogP contribution < -0.4 is 4.90 Å². The molecule has 1 aliphatic heterocycles. The van der Waals surface area contributed by atoms with Crippen molar-refractivity contribution in [3.8, 4) is 0 Å². The first kappa shape index (κ1) is 19.4. The summed E-state index contributed by atoms with van der Waals surface area (Å²) in [6.07, 6.45) is 0.859. The number of hydrogen-bond donors (Lipinski definition) is 0. The van der Waals surface area contributed by atoms with Crippen LogP contribution in [0.15, 0.2) is 72.8 Å². The number of carbonyl (C=O) groups excluding carboxylic acids is 1. The molecule has 0 saturated carbocycles. The number of rotatable bonds is 2. The zero-order valence-electron chi connectivity index (χ0n) is 18.0. The summed E-state index contributed by atoms with van der Waals surface area (Å²) in [5.74, 6) is 0.0666. The van der Waals surface area contributed by atoms with E-state index >= 15 is 0 Å². The van der Waals surface area contributed by atoms with Crippen molar-refractivity contribution >= 4 is 11.6 Å². The molecular weight excluding hydrogens is 354 g/mol. The van der Waals surface area contributed by atoms with Crippen molar-refractivity contribution in [1.82, 2.24) is 0 Å². The molecule has 3 aromatic rings. The molecular formula is C27H29NO. The molecule has 0 fully saturated rings. The largest absolute Gasteiger partial charge is 0.302 e. The highest BCUT2D eigenvalue weighted by Crippen LogP contribution is 2.51. The van der Waals surface area contributed by atoms with Gasteiger partial charge in [0, 0.05) is 22.2 Å². The average molecular weight is 384 g/mol.